The Bertz CT molecular complexity index is 816. The molecule has 4 heterocycles. The number of anilines is 1. The summed E-state index contributed by atoms with van der Waals surface area (Å²) in [4.78, 5) is 25.2. The number of rotatable bonds is 3. The van der Waals surface area contributed by atoms with Crippen LogP contribution in [0.15, 0.2) is 11.1 Å². The minimum Gasteiger partial charge on any atom is -0.394 e. The number of aromatic nitrogens is 4. The first-order valence-electron chi connectivity index (χ1n) is 8.15. The first kappa shape index (κ1) is 16.4. The molecule has 0 aromatic carbocycles. The van der Waals surface area contributed by atoms with Gasteiger partial charge in [-0.05, 0) is 0 Å². The van der Waals surface area contributed by atoms with Gasteiger partial charge in [-0.1, -0.05) is 0 Å². The number of fused-ring (bicyclic) bond motifs is 1. The van der Waals surface area contributed by atoms with Crippen molar-refractivity contribution in [3.8, 4) is 0 Å². The lowest BCUT2D eigenvalue weighted by atomic mass is 10.1. The molecule has 1 unspecified atom stereocenters. The van der Waals surface area contributed by atoms with Crippen molar-refractivity contribution >= 4 is 17.1 Å². The first-order valence-corrected chi connectivity index (χ1v) is 8.15. The summed E-state index contributed by atoms with van der Waals surface area (Å²) in [5, 5.41) is 33.0. The summed E-state index contributed by atoms with van der Waals surface area (Å²) in [6, 6.07) is 0. The van der Waals surface area contributed by atoms with Crippen molar-refractivity contribution < 1.29 is 20.1 Å². The molecule has 11 heteroatoms. The fourth-order valence-electron chi connectivity index (χ4n) is 3.32. The van der Waals surface area contributed by atoms with E-state index in [2.05, 4.69) is 20.3 Å². The number of aromatic amines is 1. The maximum atomic E-state index is 12.1. The van der Waals surface area contributed by atoms with Gasteiger partial charge in [0.1, 0.15) is 18.3 Å². The summed E-state index contributed by atoms with van der Waals surface area (Å²) >= 11 is 0. The number of aliphatic hydroxyl groups excluding tert-OH is 3. The highest BCUT2D eigenvalue weighted by molar-refractivity contribution is 5.74. The van der Waals surface area contributed by atoms with Gasteiger partial charge in [0.05, 0.1) is 12.9 Å². The fraction of sp³-hybridized carbons (Fsp3) is 0.643. The van der Waals surface area contributed by atoms with Crippen LogP contribution in [0.25, 0.3) is 11.2 Å². The Balaban J connectivity index is 1.86. The van der Waals surface area contributed by atoms with Crippen molar-refractivity contribution in [1.29, 1.82) is 0 Å². The van der Waals surface area contributed by atoms with Crippen molar-refractivity contribution in [2.24, 2.45) is 0 Å². The van der Waals surface area contributed by atoms with Crippen LogP contribution in [-0.2, 0) is 4.74 Å². The van der Waals surface area contributed by atoms with Gasteiger partial charge < -0.3 is 35.3 Å². The van der Waals surface area contributed by atoms with Gasteiger partial charge in [-0.25, -0.2) is 9.97 Å². The minimum atomic E-state index is -1.28. The van der Waals surface area contributed by atoms with Crippen molar-refractivity contribution in [1.82, 2.24) is 24.8 Å². The van der Waals surface area contributed by atoms with Crippen LogP contribution in [0.1, 0.15) is 6.23 Å². The zero-order chi connectivity index (χ0) is 17.6. The molecule has 0 spiro atoms. The number of piperazine rings is 1. The number of hydrogen-bond acceptors (Lipinski definition) is 9. The Morgan fingerprint density at radius 2 is 2.04 bits per heavy atom. The quantitative estimate of drug-likeness (QED) is 0.393. The van der Waals surface area contributed by atoms with E-state index >= 15 is 0 Å². The number of hydrogen-bond donors (Lipinski definition) is 5. The maximum absolute atomic E-state index is 12.1. The van der Waals surface area contributed by atoms with Gasteiger partial charge in [-0.15, -0.1) is 0 Å². The van der Waals surface area contributed by atoms with E-state index in [-0.39, 0.29) is 11.2 Å². The zero-order valence-electron chi connectivity index (χ0n) is 13.4. The monoisotopic (exact) mass is 352 g/mol. The van der Waals surface area contributed by atoms with Gasteiger partial charge >= 0.3 is 0 Å². The maximum Gasteiger partial charge on any atom is 0.278 e. The summed E-state index contributed by atoms with van der Waals surface area (Å²) in [5.74, 6) is 0.440. The molecule has 5 N–H and O–H groups in total. The van der Waals surface area contributed by atoms with Crippen LogP contribution in [0, 0.1) is 0 Å². The average Bonchev–Trinajstić information content (AvgIpc) is 3.15. The van der Waals surface area contributed by atoms with Gasteiger partial charge in [0, 0.05) is 26.2 Å². The topological polar surface area (TPSA) is 149 Å². The normalized spacial score (nSPS) is 30.3. The molecule has 2 aromatic rings. The highest BCUT2D eigenvalue weighted by atomic mass is 16.6. The van der Waals surface area contributed by atoms with Crippen LogP contribution < -0.4 is 15.8 Å². The molecule has 2 aliphatic rings. The van der Waals surface area contributed by atoms with E-state index < -0.39 is 36.7 Å². The number of nitrogens with one attached hydrogen (secondary N) is 2. The van der Waals surface area contributed by atoms with Gasteiger partial charge in [-0.2, -0.15) is 0 Å². The number of aliphatic hydroxyl groups is 3. The van der Waals surface area contributed by atoms with Crippen LogP contribution in [0.2, 0.25) is 0 Å². The number of nitrogens with zero attached hydrogens (tertiary/aromatic N) is 4. The zero-order valence-corrected chi connectivity index (χ0v) is 13.4. The molecule has 0 radical (unpaired) electrons. The summed E-state index contributed by atoms with van der Waals surface area (Å²) in [6.07, 6.45) is -3.19. The molecule has 0 bridgehead atoms. The molecule has 136 valence electrons. The highest BCUT2D eigenvalue weighted by Gasteiger charge is 2.45. The van der Waals surface area contributed by atoms with Crippen molar-refractivity contribution in [2.75, 3.05) is 37.7 Å². The van der Waals surface area contributed by atoms with Crippen LogP contribution >= 0.6 is 0 Å². The van der Waals surface area contributed by atoms with Gasteiger partial charge in [-0.3, -0.25) is 9.36 Å². The van der Waals surface area contributed by atoms with Crippen molar-refractivity contribution in [2.45, 2.75) is 24.5 Å². The Morgan fingerprint density at radius 1 is 1.28 bits per heavy atom. The molecular formula is C14H20N6O5. The molecule has 0 amide bonds. The third-order valence-electron chi connectivity index (χ3n) is 4.64. The van der Waals surface area contributed by atoms with Crippen molar-refractivity contribution in [3.05, 3.63) is 16.7 Å². The van der Waals surface area contributed by atoms with E-state index in [1.54, 1.807) is 0 Å². The minimum absolute atomic E-state index is 0.133. The van der Waals surface area contributed by atoms with Gasteiger partial charge in [0.2, 0.25) is 5.95 Å². The molecule has 2 aromatic heterocycles. The lowest BCUT2D eigenvalue weighted by Gasteiger charge is -2.30. The van der Waals surface area contributed by atoms with Crippen LogP contribution in [0.5, 0.6) is 0 Å². The molecule has 2 aliphatic heterocycles. The number of imidazole rings is 1. The lowest BCUT2D eigenvalue weighted by Crippen LogP contribution is -2.45. The Hall–Kier alpha value is -2.05. The predicted molar refractivity (Wildman–Crippen MR) is 86.2 cm³/mol. The molecule has 4 atom stereocenters. The Morgan fingerprint density at radius 3 is 2.72 bits per heavy atom. The second-order valence-electron chi connectivity index (χ2n) is 6.15. The van der Waals surface area contributed by atoms with E-state index in [0.29, 0.717) is 19.0 Å². The molecule has 2 saturated heterocycles. The van der Waals surface area contributed by atoms with Gasteiger partial charge in [0.15, 0.2) is 17.4 Å². The van der Waals surface area contributed by atoms with Crippen LogP contribution in [-0.4, -0.2) is 85.9 Å². The molecule has 0 aliphatic carbocycles. The summed E-state index contributed by atoms with van der Waals surface area (Å²) in [6.45, 7) is 2.40. The Kier molecular flexibility index (Phi) is 4.17. The SMILES string of the molecule is O=c1[nH]cnc2c1nc(N1CCNCC1)n2C1O[C@@H](CO)[C@H](O)[C@@H]1O. The summed E-state index contributed by atoms with van der Waals surface area (Å²) in [7, 11) is 0. The summed E-state index contributed by atoms with van der Waals surface area (Å²) < 4.78 is 7.16. The second kappa shape index (κ2) is 6.35. The van der Waals surface area contributed by atoms with E-state index in [1.807, 2.05) is 4.90 Å². The fourth-order valence-corrected chi connectivity index (χ4v) is 3.32. The van der Waals surface area contributed by atoms with Crippen molar-refractivity contribution in [3.63, 3.8) is 0 Å². The van der Waals surface area contributed by atoms with Crippen LogP contribution in [0.3, 0.4) is 0 Å². The van der Waals surface area contributed by atoms with E-state index in [4.69, 9.17) is 4.74 Å². The number of ether oxygens (including phenoxy) is 1. The standard InChI is InChI=1S/C14H20N6O5/c21-5-7-9(22)10(23)13(25-7)20-11-8(12(24)17-6-16-11)18-14(20)19-3-1-15-2-4-19/h6-7,9-10,13,15,21-23H,1-5H2,(H,16,17,24)/t7-,9-,10-,13?/m0/s1. The summed E-state index contributed by atoms with van der Waals surface area (Å²) in [5.41, 5.74) is -0.00669. The smallest absolute Gasteiger partial charge is 0.278 e. The third kappa shape index (κ3) is 2.60. The third-order valence-corrected chi connectivity index (χ3v) is 4.64. The lowest BCUT2D eigenvalue weighted by molar-refractivity contribution is -0.0504. The predicted octanol–water partition coefficient (Wildman–Crippen LogP) is -2.86. The van der Waals surface area contributed by atoms with Gasteiger partial charge in [0.25, 0.3) is 5.56 Å². The molecule has 11 nitrogen and oxygen atoms in total. The first-order chi connectivity index (χ1) is 12.1. The second-order valence-corrected chi connectivity index (χ2v) is 6.15. The Labute approximate surface area is 141 Å². The molecular weight excluding hydrogens is 332 g/mol. The molecule has 4 rings (SSSR count). The molecule has 0 saturated carbocycles. The van der Waals surface area contributed by atoms with Crippen LogP contribution in [0.4, 0.5) is 5.95 Å². The molecule has 25 heavy (non-hydrogen) atoms. The largest absolute Gasteiger partial charge is 0.394 e. The molecule has 2 fully saturated rings. The van der Waals surface area contributed by atoms with E-state index in [9.17, 15) is 20.1 Å². The highest BCUT2D eigenvalue weighted by Crippen LogP contribution is 2.34. The van der Waals surface area contributed by atoms with E-state index in [0.717, 1.165) is 13.1 Å². The average molecular weight is 352 g/mol. The number of H-pyrrole nitrogens is 1. The van der Waals surface area contributed by atoms with E-state index in [1.165, 1.54) is 10.9 Å².